The van der Waals surface area contributed by atoms with Crippen LogP contribution >= 0.6 is 0 Å². The van der Waals surface area contributed by atoms with Crippen LogP contribution in [0.15, 0.2) is 0 Å². The van der Waals surface area contributed by atoms with Crippen molar-refractivity contribution in [3.8, 4) is 0 Å². The Labute approximate surface area is 150 Å². The molecular formula is C12H28N2O8Si3-2. The van der Waals surface area contributed by atoms with E-state index in [1.165, 1.54) is 0 Å². The van der Waals surface area contributed by atoms with Crippen molar-refractivity contribution in [2.24, 2.45) is 0 Å². The van der Waals surface area contributed by atoms with Crippen LogP contribution in [0.3, 0.4) is 0 Å². The minimum absolute atomic E-state index is 0.172. The molecule has 2 heterocycles. The Balaban J connectivity index is 1.88. The molecule has 0 radical (unpaired) electrons. The number of carbonyl (C=O) groups is 2. The molecule has 2 saturated heterocycles. The molecule has 0 saturated carbocycles. The number of cyclic esters (lactones) is 4. The molecule has 2 aliphatic rings. The van der Waals surface area contributed by atoms with Gasteiger partial charge in [0.15, 0.2) is 0 Å². The predicted molar refractivity (Wildman–Crippen MR) is 96.1 cm³/mol. The van der Waals surface area contributed by atoms with E-state index in [-0.39, 0.29) is 13.2 Å². The van der Waals surface area contributed by atoms with E-state index in [4.69, 9.17) is 27.2 Å². The summed E-state index contributed by atoms with van der Waals surface area (Å²) in [6, 6.07) is 0. The molecule has 148 valence electrons. The summed E-state index contributed by atoms with van der Waals surface area (Å²) >= 11 is 0. The molecule has 2 unspecified atom stereocenters. The molecule has 2 N–H and O–H groups in total. The SMILES string of the molecule is C[Si](C)(O[SiH-](C)(C)NC1COC(=O)O1)O[SiH-](C)(C)NC1COC(=O)O1. The first-order chi connectivity index (χ1) is 11.4. The first kappa shape index (κ1) is 20.3. The number of rotatable bonds is 8. The van der Waals surface area contributed by atoms with Crippen LogP contribution < -0.4 is 9.96 Å². The van der Waals surface area contributed by atoms with Gasteiger partial charge in [0.1, 0.15) is 0 Å². The Hall–Kier alpha value is -0.969. The Morgan fingerprint density at radius 2 is 1.24 bits per heavy atom. The van der Waals surface area contributed by atoms with Gasteiger partial charge >= 0.3 is 150 Å². The van der Waals surface area contributed by atoms with Gasteiger partial charge in [-0.25, -0.2) is 0 Å². The summed E-state index contributed by atoms with van der Waals surface area (Å²) in [5.74, 6) is 0. The molecule has 2 aliphatic heterocycles. The standard InChI is InChI=1S/C12H28N2O8Si3/c1-23(2,13-9-7-17-11(15)19-9)21-25(5,6)22-24(3,4)14-10-8-18-12(16)20-10/h9-10,13-14,23-24H,7-8H2,1-6H3/q-2. The van der Waals surface area contributed by atoms with Gasteiger partial charge in [-0.2, -0.15) is 0 Å². The summed E-state index contributed by atoms with van der Waals surface area (Å²) in [5.41, 5.74) is 0. The van der Waals surface area contributed by atoms with Crippen molar-refractivity contribution in [2.75, 3.05) is 13.2 Å². The first-order valence-corrected chi connectivity index (χ1v) is 18.0. The number of nitrogens with one attached hydrogen (secondary N) is 2. The quantitative estimate of drug-likeness (QED) is 0.437. The van der Waals surface area contributed by atoms with Crippen LogP contribution in [-0.4, -0.2) is 63.5 Å². The second kappa shape index (κ2) is 7.34. The van der Waals surface area contributed by atoms with Gasteiger partial charge in [0.2, 0.25) is 0 Å². The van der Waals surface area contributed by atoms with Gasteiger partial charge in [0.05, 0.1) is 0 Å². The molecule has 25 heavy (non-hydrogen) atoms. The zero-order valence-corrected chi connectivity index (χ0v) is 18.8. The Morgan fingerprint density at radius 1 is 0.880 bits per heavy atom. The van der Waals surface area contributed by atoms with Gasteiger partial charge in [0, 0.05) is 0 Å². The molecule has 0 amide bonds. The van der Waals surface area contributed by atoms with Gasteiger partial charge in [-0.3, -0.25) is 0 Å². The predicted octanol–water partition coefficient (Wildman–Crippen LogP) is 0.755. The van der Waals surface area contributed by atoms with E-state index in [9.17, 15) is 9.59 Å². The van der Waals surface area contributed by atoms with Gasteiger partial charge in [-0.05, 0) is 0 Å². The van der Waals surface area contributed by atoms with E-state index in [0.717, 1.165) is 0 Å². The topological polar surface area (TPSA) is 114 Å². The monoisotopic (exact) mass is 412 g/mol. The van der Waals surface area contributed by atoms with Gasteiger partial charge < -0.3 is 0 Å². The van der Waals surface area contributed by atoms with Crippen molar-refractivity contribution >= 4 is 37.8 Å². The molecule has 2 rings (SSSR count). The average Bonchev–Trinajstić information content (AvgIpc) is 2.93. The van der Waals surface area contributed by atoms with Crippen molar-refractivity contribution in [1.29, 1.82) is 0 Å². The normalized spacial score (nSPS) is 25.8. The summed E-state index contributed by atoms with van der Waals surface area (Å²) in [4.78, 5) is 28.6. The van der Waals surface area contributed by atoms with Crippen LogP contribution in [0.25, 0.3) is 0 Å². The van der Waals surface area contributed by atoms with E-state index in [0.29, 0.717) is 0 Å². The molecule has 2 atom stereocenters. The Kier molecular flexibility index (Phi) is 5.97. The summed E-state index contributed by atoms with van der Waals surface area (Å²) in [6.45, 7) is 12.3. The third-order valence-electron chi connectivity index (χ3n) is 3.51. The second-order valence-electron chi connectivity index (χ2n) is 7.79. The fraction of sp³-hybridized carbons (Fsp3) is 0.833. The van der Waals surface area contributed by atoms with Crippen molar-refractivity contribution in [2.45, 2.75) is 51.7 Å². The minimum atomic E-state index is -2.69. The first-order valence-electron chi connectivity index (χ1n) is 8.43. The fourth-order valence-electron chi connectivity index (χ4n) is 3.23. The van der Waals surface area contributed by atoms with E-state index < -0.39 is 50.3 Å². The third-order valence-corrected chi connectivity index (χ3v) is 15.1. The molecule has 2 fully saturated rings. The summed E-state index contributed by atoms with van der Waals surface area (Å²) < 4.78 is 32.2. The van der Waals surface area contributed by atoms with Crippen LogP contribution in [0.2, 0.25) is 39.3 Å². The molecule has 0 aliphatic carbocycles. The third kappa shape index (κ3) is 6.69. The van der Waals surface area contributed by atoms with Crippen molar-refractivity contribution in [3.05, 3.63) is 0 Å². The molecular weight excluding hydrogens is 384 g/mol. The molecule has 0 aromatic heterocycles. The zero-order chi connectivity index (χ0) is 18.9. The average molecular weight is 413 g/mol. The van der Waals surface area contributed by atoms with Crippen LogP contribution in [0.5, 0.6) is 0 Å². The maximum absolute atomic E-state index is 11.0. The zero-order valence-electron chi connectivity index (χ0n) is 15.5. The maximum atomic E-state index is 11.0. The number of carbonyl (C=O) groups excluding carboxylic acids is 2. The number of hydrogen-bond donors (Lipinski definition) is 2. The molecule has 13 heteroatoms. The van der Waals surface area contributed by atoms with E-state index >= 15 is 0 Å². The summed E-state index contributed by atoms with van der Waals surface area (Å²) in [7, 11) is -7.87. The van der Waals surface area contributed by atoms with Crippen LogP contribution in [-0.2, 0) is 27.2 Å². The molecule has 0 bridgehead atoms. The van der Waals surface area contributed by atoms with Gasteiger partial charge in [0.25, 0.3) is 0 Å². The van der Waals surface area contributed by atoms with Crippen molar-refractivity contribution < 1.29 is 36.8 Å². The van der Waals surface area contributed by atoms with Gasteiger partial charge in [-0.15, -0.1) is 0 Å². The fourth-order valence-corrected chi connectivity index (χ4v) is 18.0. The Bertz CT molecular complexity index is 486. The molecule has 10 nitrogen and oxygen atoms in total. The van der Waals surface area contributed by atoms with Crippen molar-refractivity contribution in [1.82, 2.24) is 9.96 Å². The molecule has 0 aromatic carbocycles. The number of hydrogen-bond acceptors (Lipinski definition) is 10. The molecule has 0 aromatic rings. The van der Waals surface area contributed by atoms with Crippen LogP contribution in [0, 0.1) is 0 Å². The van der Waals surface area contributed by atoms with E-state index in [1.54, 1.807) is 0 Å². The summed E-state index contributed by atoms with van der Waals surface area (Å²) in [5, 5.41) is 0. The van der Waals surface area contributed by atoms with E-state index in [2.05, 4.69) is 9.96 Å². The number of ether oxygens (including phenoxy) is 4. The van der Waals surface area contributed by atoms with Crippen LogP contribution in [0.1, 0.15) is 0 Å². The van der Waals surface area contributed by atoms with Crippen molar-refractivity contribution in [3.63, 3.8) is 0 Å². The van der Waals surface area contributed by atoms with E-state index in [1.807, 2.05) is 39.3 Å². The Morgan fingerprint density at radius 3 is 1.52 bits per heavy atom. The van der Waals surface area contributed by atoms with Gasteiger partial charge in [-0.1, -0.05) is 0 Å². The van der Waals surface area contributed by atoms with Crippen LogP contribution in [0.4, 0.5) is 9.59 Å². The molecule has 0 spiro atoms. The summed E-state index contributed by atoms with van der Waals surface area (Å²) in [6.07, 6.45) is -2.32. The second-order valence-corrected chi connectivity index (χ2v) is 20.1.